The molecule has 0 atom stereocenters. The van der Waals surface area contributed by atoms with Crippen molar-refractivity contribution in [2.45, 2.75) is 0 Å². The van der Waals surface area contributed by atoms with E-state index in [9.17, 15) is 0 Å². The zero-order chi connectivity index (χ0) is 5.58. The summed E-state index contributed by atoms with van der Waals surface area (Å²) in [6, 6.07) is 0. The minimum atomic E-state index is -1.50. The molecule has 0 aliphatic carbocycles. The topological polar surface area (TPSA) is 80.4 Å². The van der Waals surface area contributed by atoms with E-state index in [0.717, 1.165) is 0 Å². The Morgan fingerprint density at radius 1 is 1.57 bits per heavy atom. The summed E-state index contributed by atoms with van der Waals surface area (Å²) in [5, 5.41) is 13.6. The van der Waals surface area contributed by atoms with Crippen molar-refractivity contribution >= 4 is 0 Å². The van der Waals surface area contributed by atoms with Crippen LogP contribution in [0.5, 0.6) is 0 Å². The molecule has 0 saturated carbocycles. The van der Waals surface area contributed by atoms with Crippen molar-refractivity contribution in [1.82, 2.24) is 0 Å². The summed E-state index contributed by atoms with van der Waals surface area (Å²) in [5.74, 6) is 0. The second-order valence-electron chi connectivity index (χ2n) is 0.238. The van der Waals surface area contributed by atoms with E-state index in [-0.39, 0.29) is 16.8 Å². The van der Waals surface area contributed by atoms with Crippen molar-refractivity contribution in [2.75, 3.05) is 0 Å². The van der Waals surface area contributed by atoms with Gasteiger partial charge in [-0.15, -0.1) is 10.1 Å². The first-order valence-corrected chi connectivity index (χ1v) is 1.13. The molecular formula is HCo2NO4. The Hall–Kier alpha value is 0.0130. The molecular weight excluding hydrogens is 196 g/mol. The maximum absolute atomic E-state index is 8.36. The molecule has 0 aliphatic rings. The van der Waals surface area contributed by atoms with Gasteiger partial charge in [-0.05, 0) is 0 Å². The quantitative estimate of drug-likeness (QED) is 0.420. The van der Waals surface area contributed by atoms with Gasteiger partial charge in [-0.2, -0.15) is 0 Å². The van der Waals surface area contributed by atoms with E-state index in [1.54, 1.807) is 0 Å². The molecule has 1 radical (unpaired) electrons. The van der Waals surface area contributed by atoms with Gasteiger partial charge in [0.15, 0.2) is 0 Å². The van der Waals surface area contributed by atoms with Crippen molar-refractivity contribution in [3.8, 4) is 0 Å². The first-order valence-electron chi connectivity index (χ1n) is 0.701. The molecule has 0 unspecified atom stereocenters. The van der Waals surface area contributed by atoms with Crippen molar-refractivity contribution in [2.24, 2.45) is 0 Å². The van der Waals surface area contributed by atoms with Crippen LogP contribution in [0.2, 0.25) is 0 Å². The van der Waals surface area contributed by atoms with Crippen LogP contribution in [0.3, 0.4) is 0 Å². The van der Waals surface area contributed by atoms with Crippen LogP contribution in [0, 0.1) is 10.1 Å². The van der Waals surface area contributed by atoms with E-state index in [1.807, 2.05) is 0 Å². The molecule has 7 heavy (non-hydrogen) atoms. The number of hydrogen-bond acceptors (Lipinski definition) is 3. The Morgan fingerprint density at radius 3 is 1.57 bits per heavy atom. The van der Waals surface area contributed by atoms with Gasteiger partial charge in [-0.1, -0.05) is 0 Å². The molecule has 0 rings (SSSR count). The third-order valence-electron chi connectivity index (χ3n) is 0. The normalized spacial score (nSPS) is 4.14. The fraction of sp³-hybridized carbons (Fsp3) is 0. The maximum atomic E-state index is 8.36. The summed E-state index contributed by atoms with van der Waals surface area (Å²) in [6.07, 6.45) is 0. The standard InChI is InChI=1S/2Co.HNO3.O/c;;2-1(3)4;/h;;(H,2,3,4);. The van der Waals surface area contributed by atoms with Crippen LogP contribution in [0.25, 0.3) is 0 Å². The Bertz CT molecular complexity index is 41.0. The van der Waals surface area contributed by atoms with Crippen molar-refractivity contribution in [3.05, 3.63) is 10.1 Å². The van der Waals surface area contributed by atoms with Gasteiger partial charge in [0, 0.05) is 16.8 Å². The van der Waals surface area contributed by atoms with E-state index >= 15 is 0 Å². The van der Waals surface area contributed by atoms with Crippen LogP contribution >= 0.6 is 0 Å². The molecule has 0 fully saturated rings. The van der Waals surface area contributed by atoms with Gasteiger partial charge in [0.05, 0.1) is 0 Å². The van der Waals surface area contributed by atoms with E-state index in [1.165, 1.54) is 0 Å². The van der Waals surface area contributed by atoms with Gasteiger partial charge in [-0.25, -0.2) is 0 Å². The molecule has 0 saturated heterocycles. The molecule has 0 aromatic rings. The van der Waals surface area contributed by atoms with Gasteiger partial charge >= 0.3 is 19.5 Å². The third kappa shape index (κ3) is 574000. The molecule has 0 aliphatic heterocycles. The summed E-state index contributed by atoms with van der Waals surface area (Å²) in [7, 11) is 0. The SMILES string of the molecule is O=[N+]([O-])O.[Co].[O]=[Co]. The molecule has 0 bridgehead atoms. The molecule has 0 spiro atoms. The van der Waals surface area contributed by atoms with Gasteiger partial charge < -0.3 is 5.21 Å². The average Bonchev–Trinajstić information content (AvgIpc) is 1.41. The van der Waals surface area contributed by atoms with Crippen LogP contribution in [0.4, 0.5) is 0 Å². The average molecular weight is 197 g/mol. The molecule has 0 aromatic carbocycles. The fourth-order valence-corrected chi connectivity index (χ4v) is 0. The molecule has 0 amide bonds. The van der Waals surface area contributed by atoms with Crippen LogP contribution in [0.15, 0.2) is 0 Å². The first-order chi connectivity index (χ1) is 2.73. The second-order valence-corrected chi connectivity index (χ2v) is 0.238. The fourth-order valence-electron chi connectivity index (χ4n) is 0. The van der Waals surface area contributed by atoms with E-state index in [2.05, 4.69) is 15.7 Å². The van der Waals surface area contributed by atoms with Crippen LogP contribution in [-0.4, -0.2) is 10.3 Å². The summed E-state index contributed by atoms with van der Waals surface area (Å²) in [5.41, 5.74) is 0. The first kappa shape index (κ1) is 15.7. The van der Waals surface area contributed by atoms with Crippen molar-refractivity contribution in [3.63, 3.8) is 0 Å². The Morgan fingerprint density at radius 2 is 1.57 bits per heavy atom. The van der Waals surface area contributed by atoms with Gasteiger partial charge in [0.25, 0.3) is 5.09 Å². The Kier molecular flexibility index (Phi) is 37.4. The minimum absolute atomic E-state index is 0. The van der Waals surface area contributed by atoms with Crippen LogP contribution < -0.4 is 0 Å². The number of hydrogen-bond donors (Lipinski definition) is 1. The Balaban J connectivity index is -0.0000000480. The van der Waals surface area contributed by atoms with Crippen LogP contribution in [-0.2, 0) is 36.3 Å². The number of rotatable bonds is 0. The summed E-state index contributed by atoms with van der Waals surface area (Å²) < 4.78 is 7.94. The summed E-state index contributed by atoms with van der Waals surface area (Å²) in [4.78, 5) is 8.36. The van der Waals surface area contributed by atoms with Crippen molar-refractivity contribution in [1.29, 1.82) is 0 Å². The van der Waals surface area contributed by atoms with E-state index in [4.69, 9.17) is 19.2 Å². The summed E-state index contributed by atoms with van der Waals surface area (Å²) >= 11 is 2.31. The zero-order valence-electron chi connectivity index (χ0n) is 2.79. The monoisotopic (exact) mass is 197 g/mol. The molecule has 5 nitrogen and oxygen atoms in total. The Labute approximate surface area is 57.2 Å². The van der Waals surface area contributed by atoms with Crippen LogP contribution in [0.1, 0.15) is 0 Å². The van der Waals surface area contributed by atoms with Gasteiger partial charge in [0.2, 0.25) is 0 Å². The molecule has 0 heterocycles. The molecule has 7 heteroatoms. The van der Waals surface area contributed by atoms with E-state index in [0.29, 0.717) is 0 Å². The van der Waals surface area contributed by atoms with Crippen molar-refractivity contribution < 1.29 is 46.6 Å². The van der Waals surface area contributed by atoms with E-state index < -0.39 is 5.09 Å². The van der Waals surface area contributed by atoms with Gasteiger partial charge in [0.1, 0.15) is 0 Å². The second kappa shape index (κ2) is 16.6. The third-order valence-corrected chi connectivity index (χ3v) is 0. The summed E-state index contributed by atoms with van der Waals surface area (Å²) in [6.45, 7) is 0. The number of nitrogens with zero attached hydrogens (tertiary/aromatic N) is 1. The predicted octanol–water partition coefficient (Wildman–Crippen LogP) is -0.471. The zero-order valence-corrected chi connectivity index (χ0v) is 4.87. The molecule has 48 valence electrons. The predicted molar refractivity (Wildman–Crippen MR) is 9.47 cm³/mol. The molecule has 0 aromatic heterocycles. The van der Waals surface area contributed by atoms with Gasteiger partial charge in [-0.3, -0.25) is 0 Å². The molecule has 1 N–H and O–H groups in total.